The third kappa shape index (κ3) is 8.61. The number of hydrogen-bond acceptors (Lipinski definition) is 4. The smallest absolute Gasteiger partial charge is 0.244 e. The molecule has 0 fully saturated rings. The number of benzene rings is 3. The van der Waals surface area contributed by atoms with Gasteiger partial charge in [-0.3, -0.25) is 13.9 Å². The van der Waals surface area contributed by atoms with Crippen LogP contribution in [0.5, 0.6) is 0 Å². The topological polar surface area (TPSA) is 86.8 Å². The number of nitrogens with one attached hydrogen (secondary N) is 1. The Kier molecular flexibility index (Phi) is 11.3. The van der Waals surface area contributed by atoms with Crippen molar-refractivity contribution in [1.29, 1.82) is 0 Å². The van der Waals surface area contributed by atoms with E-state index >= 15 is 0 Å². The SMILES string of the molecule is CCCNC(=O)C(Cc1ccccc1)N(Cc1ccc(C)cc1)C(=O)CN(c1cc(Cl)c(Cl)cc1Cl)S(C)(=O)=O. The first-order valence-electron chi connectivity index (χ1n) is 12.7. The van der Waals surface area contributed by atoms with E-state index in [-0.39, 0.29) is 39.6 Å². The molecule has 0 aliphatic rings. The zero-order valence-electron chi connectivity index (χ0n) is 22.5. The van der Waals surface area contributed by atoms with Gasteiger partial charge < -0.3 is 10.2 Å². The predicted octanol–water partition coefficient (Wildman–Crippen LogP) is 5.89. The fourth-order valence-electron chi connectivity index (χ4n) is 4.11. The van der Waals surface area contributed by atoms with Gasteiger partial charge in [-0.1, -0.05) is 102 Å². The molecular weight excluding hydrogens is 593 g/mol. The van der Waals surface area contributed by atoms with Gasteiger partial charge in [0.15, 0.2) is 0 Å². The molecule has 214 valence electrons. The van der Waals surface area contributed by atoms with Crippen LogP contribution in [0.25, 0.3) is 0 Å². The summed E-state index contributed by atoms with van der Waals surface area (Å²) < 4.78 is 26.7. The first-order valence-corrected chi connectivity index (χ1v) is 15.7. The van der Waals surface area contributed by atoms with Gasteiger partial charge in [0.2, 0.25) is 21.8 Å². The Balaban J connectivity index is 2.07. The summed E-state index contributed by atoms with van der Waals surface area (Å²) in [4.78, 5) is 29.0. The van der Waals surface area contributed by atoms with Gasteiger partial charge in [-0.25, -0.2) is 8.42 Å². The molecule has 0 radical (unpaired) electrons. The van der Waals surface area contributed by atoms with E-state index in [0.717, 1.165) is 27.3 Å². The summed E-state index contributed by atoms with van der Waals surface area (Å²) in [6, 6.07) is 18.7. The maximum absolute atomic E-state index is 14.1. The number of amides is 2. The minimum Gasteiger partial charge on any atom is -0.354 e. The Morgan fingerprint density at radius 3 is 2.12 bits per heavy atom. The number of sulfonamides is 1. The number of carbonyl (C=O) groups excluding carboxylic acids is 2. The van der Waals surface area contributed by atoms with Crippen molar-refractivity contribution in [3.63, 3.8) is 0 Å². The molecule has 11 heteroatoms. The summed E-state index contributed by atoms with van der Waals surface area (Å²) in [6.45, 7) is 3.81. The van der Waals surface area contributed by atoms with E-state index in [1.807, 2.05) is 68.4 Å². The predicted molar refractivity (Wildman–Crippen MR) is 163 cm³/mol. The van der Waals surface area contributed by atoms with Crippen LogP contribution in [0, 0.1) is 6.92 Å². The number of carbonyl (C=O) groups is 2. The normalized spacial score (nSPS) is 12.1. The lowest BCUT2D eigenvalue weighted by Gasteiger charge is -2.33. The third-order valence-electron chi connectivity index (χ3n) is 6.23. The van der Waals surface area contributed by atoms with E-state index in [1.165, 1.54) is 17.0 Å². The van der Waals surface area contributed by atoms with Crippen molar-refractivity contribution >= 4 is 62.3 Å². The Morgan fingerprint density at radius 1 is 0.900 bits per heavy atom. The summed E-state index contributed by atoms with van der Waals surface area (Å²) in [5, 5.41) is 3.14. The van der Waals surface area contributed by atoms with E-state index in [1.54, 1.807) is 0 Å². The van der Waals surface area contributed by atoms with E-state index in [4.69, 9.17) is 34.8 Å². The first kappa shape index (κ1) is 31.7. The molecule has 0 aliphatic carbocycles. The summed E-state index contributed by atoms with van der Waals surface area (Å²) >= 11 is 18.6. The van der Waals surface area contributed by atoms with Crippen molar-refractivity contribution in [2.75, 3.05) is 23.7 Å². The second-order valence-corrected chi connectivity index (χ2v) is 12.6. The van der Waals surface area contributed by atoms with Crippen LogP contribution in [0.4, 0.5) is 5.69 Å². The molecule has 2 amide bonds. The maximum Gasteiger partial charge on any atom is 0.244 e. The van der Waals surface area contributed by atoms with E-state index in [0.29, 0.717) is 13.0 Å². The lowest BCUT2D eigenvalue weighted by Crippen LogP contribution is -2.53. The van der Waals surface area contributed by atoms with Crippen molar-refractivity contribution in [3.8, 4) is 0 Å². The number of hydrogen-bond donors (Lipinski definition) is 1. The van der Waals surface area contributed by atoms with E-state index in [9.17, 15) is 18.0 Å². The van der Waals surface area contributed by atoms with Crippen LogP contribution in [0.15, 0.2) is 66.7 Å². The minimum atomic E-state index is -4.00. The maximum atomic E-state index is 14.1. The van der Waals surface area contributed by atoms with Crippen LogP contribution in [-0.2, 0) is 32.6 Å². The average molecular weight is 625 g/mol. The summed E-state index contributed by atoms with van der Waals surface area (Å²) in [5.74, 6) is -0.912. The molecule has 1 N–H and O–H groups in total. The Morgan fingerprint density at radius 2 is 1.52 bits per heavy atom. The molecule has 1 unspecified atom stereocenters. The number of halogens is 3. The second-order valence-electron chi connectivity index (χ2n) is 9.49. The number of anilines is 1. The van der Waals surface area contributed by atoms with Crippen molar-refractivity contribution in [2.24, 2.45) is 0 Å². The lowest BCUT2D eigenvalue weighted by atomic mass is 10.0. The van der Waals surface area contributed by atoms with Gasteiger partial charge in [0.05, 0.1) is 27.0 Å². The van der Waals surface area contributed by atoms with Crippen LogP contribution < -0.4 is 9.62 Å². The number of aryl methyl sites for hydroxylation is 1. The number of nitrogens with zero attached hydrogens (tertiary/aromatic N) is 2. The second kappa shape index (κ2) is 14.2. The number of rotatable bonds is 12. The van der Waals surface area contributed by atoms with Crippen LogP contribution in [0.3, 0.4) is 0 Å². The molecule has 0 saturated carbocycles. The molecule has 3 aromatic carbocycles. The highest BCUT2D eigenvalue weighted by Gasteiger charge is 2.33. The molecule has 3 aromatic rings. The van der Waals surface area contributed by atoms with Gasteiger partial charge in [-0.2, -0.15) is 0 Å². The van der Waals surface area contributed by atoms with E-state index < -0.39 is 28.5 Å². The Hall–Kier alpha value is -2.78. The van der Waals surface area contributed by atoms with Gasteiger partial charge in [0, 0.05) is 19.5 Å². The highest BCUT2D eigenvalue weighted by Crippen LogP contribution is 2.35. The zero-order chi connectivity index (χ0) is 29.4. The summed E-state index contributed by atoms with van der Waals surface area (Å²) in [6.07, 6.45) is 1.92. The average Bonchev–Trinajstić information content (AvgIpc) is 2.91. The van der Waals surface area contributed by atoms with Crippen molar-refractivity contribution in [3.05, 3.63) is 98.5 Å². The van der Waals surface area contributed by atoms with Gasteiger partial charge in [-0.15, -0.1) is 0 Å². The van der Waals surface area contributed by atoms with Gasteiger partial charge >= 0.3 is 0 Å². The highest BCUT2D eigenvalue weighted by molar-refractivity contribution is 7.92. The van der Waals surface area contributed by atoms with Crippen LogP contribution in [0.1, 0.15) is 30.0 Å². The van der Waals surface area contributed by atoms with Crippen molar-refractivity contribution in [2.45, 2.75) is 39.3 Å². The van der Waals surface area contributed by atoms with Crippen molar-refractivity contribution < 1.29 is 18.0 Å². The molecule has 0 saturated heterocycles. The molecule has 0 heterocycles. The van der Waals surface area contributed by atoms with Gasteiger partial charge in [0.1, 0.15) is 12.6 Å². The van der Waals surface area contributed by atoms with Crippen molar-refractivity contribution in [1.82, 2.24) is 10.2 Å². The summed E-state index contributed by atoms with van der Waals surface area (Å²) in [7, 11) is -4.00. The fourth-order valence-corrected chi connectivity index (χ4v) is 5.65. The van der Waals surface area contributed by atoms with Crippen LogP contribution >= 0.6 is 34.8 Å². The van der Waals surface area contributed by atoms with Gasteiger partial charge in [0.25, 0.3) is 0 Å². The molecule has 40 heavy (non-hydrogen) atoms. The monoisotopic (exact) mass is 623 g/mol. The molecule has 7 nitrogen and oxygen atoms in total. The van der Waals surface area contributed by atoms with E-state index in [2.05, 4.69) is 5.32 Å². The molecular formula is C29H32Cl3N3O4S. The zero-order valence-corrected chi connectivity index (χ0v) is 25.6. The fraction of sp³-hybridized carbons (Fsp3) is 0.310. The van der Waals surface area contributed by atoms with Crippen LogP contribution in [-0.4, -0.2) is 50.5 Å². The Bertz CT molecular complexity index is 1430. The first-order chi connectivity index (χ1) is 18.9. The molecule has 1 atom stereocenters. The molecule has 3 rings (SSSR count). The Labute approximate surface area is 251 Å². The van der Waals surface area contributed by atoms with Gasteiger partial charge in [-0.05, 0) is 36.6 Å². The third-order valence-corrected chi connectivity index (χ3v) is 8.38. The summed E-state index contributed by atoms with van der Waals surface area (Å²) in [5.41, 5.74) is 2.70. The minimum absolute atomic E-state index is 0.0113. The molecule has 0 spiro atoms. The largest absolute Gasteiger partial charge is 0.354 e. The highest BCUT2D eigenvalue weighted by atomic mass is 35.5. The lowest BCUT2D eigenvalue weighted by molar-refractivity contribution is -0.140. The molecule has 0 aromatic heterocycles. The standard InChI is InChI=1S/C29H32Cl3N3O4S/c1-4-14-33-29(37)27(15-21-8-6-5-7-9-21)34(18-22-12-10-20(2)11-13-22)28(36)19-35(40(3,38)39)26-17-24(31)23(30)16-25(26)32/h5-13,16-17,27H,4,14-15,18-19H2,1-3H3,(H,33,37). The molecule has 0 aliphatic heterocycles. The van der Waals surface area contributed by atoms with Crippen LogP contribution in [0.2, 0.25) is 15.1 Å². The molecule has 0 bridgehead atoms. The quantitative estimate of drug-likeness (QED) is 0.255.